The van der Waals surface area contributed by atoms with Gasteiger partial charge in [0.25, 0.3) is 0 Å². The van der Waals surface area contributed by atoms with Gasteiger partial charge in [-0.15, -0.1) is 0 Å². The number of aliphatic carboxylic acids is 1. The summed E-state index contributed by atoms with van der Waals surface area (Å²) in [5.74, 6) is -1.72. The van der Waals surface area contributed by atoms with E-state index in [1.807, 2.05) is 0 Å². The SMILES string of the molecule is C[C@H]1O[C@@H](O)[C@H](O)[C@@H](O)[C@@]1(O)C(=O)O. The Labute approximate surface area is 79.2 Å². The molecule has 1 rings (SSSR count). The molecule has 7 heteroatoms. The van der Waals surface area contributed by atoms with E-state index in [4.69, 9.17) is 15.3 Å². The summed E-state index contributed by atoms with van der Waals surface area (Å²) < 4.78 is 4.56. The van der Waals surface area contributed by atoms with Crippen molar-refractivity contribution in [1.82, 2.24) is 0 Å². The van der Waals surface area contributed by atoms with E-state index in [1.165, 1.54) is 6.92 Å². The Bertz CT molecular complexity index is 242. The van der Waals surface area contributed by atoms with Gasteiger partial charge in [-0.3, -0.25) is 0 Å². The normalized spacial score (nSPS) is 48.9. The molecule has 1 saturated heterocycles. The van der Waals surface area contributed by atoms with Gasteiger partial charge in [0.05, 0.1) is 0 Å². The van der Waals surface area contributed by atoms with Crippen LogP contribution in [0, 0.1) is 0 Å². The first kappa shape index (κ1) is 11.3. The molecular formula is C7H12O7. The van der Waals surface area contributed by atoms with Crippen molar-refractivity contribution >= 4 is 5.97 Å². The lowest BCUT2D eigenvalue weighted by molar-refractivity contribution is -0.307. The number of hydrogen-bond acceptors (Lipinski definition) is 6. The topological polar surface area (TPSA) is 127 Å². The molecule has 0 aromatic rings. The lowest BCUT2D eigenvalue weighted by Gasteiger charge is -2.42. The van der Waals surface area contributed by atoms with Gasteiger partial charge in [0, 0.05) is 0 Å². The van der Waals surface area contributed by atoms with Crippen LogP contribution in [0.25, 0.3) is 0 Å². The number of aliphatic hydroxyl groups excluding tert-OH is 3. The third kappa shape index (κ3) is 1.39. The third-order valence-corrected chi connectivity index (χ3v) is 2.37. The summed E-state index contributed by atoms with van der Waals surface area (Å²) in [6, 6.07) is 0. The Kier molecular flexibility index (Phi) is 2.79. The van der Waals surface area contributed by atoms with Crippen molar-refractivity contribution in [2.45, 2.75) is 37.1 Å². The zero-order valence-electron chi connectivity index (χ0n) is 7.36. The van der Waals surface area contributed by atoms with Gasteiger partial charge in [0.2, 0.25) is 5.60 Å². The van der Waals surface area contributed by atoms with Crippen LogP contribution < -0.4 is 0 Å². The second kappa shape index (κ2) is 3.44. The van der Waals surface area contributed by atoms with Crippen LogP contribution in [0.2, 0.25) is 0 Å². The Morgan fingerprint density at radius 1 is 1.36 bits per heavy atom. The summed E-state index contributed by atoms with van der Waals surface area (Å²) in [5, 5.41) is 45.6. The van der Waals surface area contributed by atoms with Crippen molar-refractivity contribution in [3.8, 4) is 0 Å². The molecule has 0 aliphatic carbocycles. The highest BCUT2D eigenvalue weighted by Gasteiger charge is 2.57. The first-order valence-electron chi connectivity index (χ1n) is 3.97. The van der Waals surface area contributed by atoms with E-state index >= 15 is 0 Å². The van der Waals surface area contributed by atoms with Gasteiger partial charge in [0.15, 0.2) is 6.29 Å². The molecule has 1 fully saturated rings. The second-order valence-electron chi connectivity index (χ2n) is 3.23. The van der Waals surface area contributed by atoms with Gasteiger partial charge in [-0.2, -0.15) is 0 Å². The van der Waals surface area contributed by atoms with Crippen molar-refractivity contribution in [3.05, 3.63) is 0 Å². The van der Waals surface area contributed by atoms with Crippen LogP contribution in [0.15, 0.2) is 0 Å². The molecule has 0 unspecified atom stereocenters. The van der Waals surface area contributed by atoms with Crippen molar-refractivity contribution in [3.63, 3.8) is 0 Å². The summed E-state index contributed by atoms with van der Waals surface area (Å²) in [6.07, 6.45) is -6.89. The average molecular weight is 208 g/mol. The Morgan fingerprint density at radius 2 is 1.86 bits per heavy atom. The minimum absolute atomic E-state index is 1.17. The summed E-state index contributed by atoms with van der Waals surface area (Å²) in [7, 11) is 0. The molecule has 0 aromatic carbocycles. The molecule has 0 saturated carbocycles. The number of carboxylic acids is 1. The van der Waals surface area contributed by atoms with Crippen molar-refractivity contribution in [2.75, 3.05) is 0 Å². The van der Waals surface area contributed by atoms with Gasteiger partial charge < -0.3 is 30.3 Å². The van der Waals surface area contributed by atoms with Crippen LogP contribution in [-0.4, -0.2) is 61.7 Å². The van der Waals surface area contributed by atoms with Crippen LogP contribution in [0.3, 0.4) is 0 Å². The maximum Gasteiger partial charge on any atom is 0.341 e. The monoisotopic (exact) mass is 208 g/mol. The van der Waals surface area contributed by atoms with E-state index in [9.17, 15) is 15.0 Å². The number of carbonyl (C=O) groups is 1. The fourth-order valence-corrected chi connectivity index (χ4v) is 1.35. The second-order valence-corrected chi connectivity index (χ2v) is 3.23. The first-order chi connectivity index (χ1) is 6.31. The summed E-state index contributed by atoms with van der Waals surface area (Å²) in [4.78, 5) is 10.7. The van der Waals surface area contributed by atoms with Crippen LogP contribution in [0.1, 0.15) is 6.92 Å². The number of ether oxygens (including phenoxy) is 1. The maximum atomic E-state index is 10.7. The van der Waals surface area contributed by atoms with Gasteiger partial charge in [-0.25, -0.2) is 4.79 Å². The molecule has 5 atom stereocenters. The molecule has 82 valence electrons. The fraction of sp³-hybridized carbons (Fsp3) is 0.857. The standard InChI is InChI=1S/C7H12O7/c1-2-7(13,6(11)12)4(9)3(8)5(10)14-2/h2-5,8-10,13H,1H3,(H,11,12)/t2-,3-,4-,5-,7-/m1/s1. The Morgan fingerprint density at radius 3 is 2.29 bits per heavy atom. The zero-order chi connectivity index (χ0) is 11.1. The molecule has 0 aromatic heterocycles. The van der Waals surface area contributed by atoms with E-state index < -0.39 is 36.2 Å². The van der Waals surface area contributed by atoms with Gasteiger partial charge in [0.1, 0.15) is 18.3 Å². The Balaban J connectivity index is 3.00. The molecule has 14 heavy (non-hydrogen) atoms. The first-order valence-corrected chi connectivity index (χ1v) is 3.97. The fourth-order valence-electron chi connectivity index (χ4n) is 1.35. The molecule has 1 aliphatic rings. The lowest BCUT2D eigenvalue weighted by atomic mass is 9.85. The van der Waals surface area contributed by atoms with E-state index in [0.29, 0.717) is 0 Å². The number of hydrogen-bond donors (Lipinski definition) is 5. The molecule has 0 spiro atoms. The molecule has 0 radical (unpaired) electrons. The van der Waals surface area contributed by atoms with Crippen molar-refractivity contribution in [2.24, 2.45) is 0 Å². The molecule has 1 heterocycles. The average Bonchev–Trinajstić information content (AvgIpc) is 2.11. The van der Waals surface area contributed by atoms with Crippen LogP contribution in [0.5, 0.6) is 0 Å². The highest BCUT2D eigenvalue weighted by molar-refractivity contribution is 5.79. The van der Waals surface area contributed by atoms with Crippen LogP contribution in [0.4, 0.5) is 0 Å². The third-order valence-electron chi connectivity index (χ3n) is 2.37. The highest BCUT2D eigenvalue weighted by atomic mass is 16.6. The molecule has 5 N–H and O–H groups in total. The number of carboxylic acid groups (broad SMARTS) is 1. The van der Waals surface area contributed by atoms with E-state index in [-0.39, 0.29) is 0 Å². The molecule has 1 aliphatic heterocycles. The summed E-state index contributed by atoms with van der Waals surface area (Å²) >= 11 is 0. The summed E-state index contributed by atoms with van der Waals surface area (Å²) in [5.41, 5.74) is -2.61. The van der Waals surface area contributed by atoms with E-state index in [2.05, 4.69) is 4.74 Å². The smallest absolute Gasteiger partial charge is 0.341 e. The van der Waals surface area contributed by atoms with E-state index in [0.717, 1.165) is 0 Å². The number of aliphatic hydroxyl groups is 4. The molecular weight excluding hydrogens is 196 g/mol. The zero-order valence-corrected chi connectivity index (χ0v) is 7.36. The number of rotatable bonds is 1. The van der Waals surface area contributed by atoms with E-state index in [1.54, 1.807) is 0 Å². The quantitative estimate of drug-likeness (QED) is 0.316. The molecule has 0 bridgehead atoms. The maximum absolute atomic E-state index is 10.7. The minimum Gasteiger partial charge on any atom is -0.479 e. The molecule has 0 amide bonds. The van der Waals surface area contributed by atoms with Crippen molar-refractivity contribution in [1.29, 1.82) is 0 Å². The van der Waals surface area contributed by atoms with Gasteiger partial charge >= 0.3 is 5.97 Å². The highest BCUT2D eigenvalue weighted by Crippen LogP contribution is 2.29. The van der Waals surface area contributed by atoms with Crippen LogP contribution in [-0.2, 0) is 9.53 Å². The predicted molar refractivity (Wildman–Crippen MR) is 41.2 cm³/mol. The van der Waals surface area contributed by atoms with Gasteiger partial charge in [-0.1, -0.05) is 0 Å². The van der Waals surface area contributed by atoms with Crippen molar-refractivity contribution < 1.29 is 35.1 Å². The lowest BCUT2D eigenvalue weighted by Crippen LogP contribution is -2.68. The molecule has 7 nitrogen and oxygen atoms in total. The Hall–Kier alpha value is -0.730. The minimum atomic E-state index is -2.61. The summed E-state index contributed by atoms with van der Waals surface area (Å²) in [6.45, 7) is 1.17. The van der Waals surface area contributed by atoms with Crippen LogP contribution >= 0.6 is 0 Å². The largest absolute Gasteiger partial charge is 0.479 e. The predicted octanol–water partition coefficient (Wildman–Crippen LogP) is -2.74. The van der Waals surface area contributed by atoms with Gasteiger partial charge in [-0.05, 0) is 6.92 Å².